The zero-order chi connectivity index (χ0) is 16.5. The quantitative estimate of drug-likeness (QED) is 0.367. The second-order valence-corrected chi connectivity index (χ2v) is 5.08. The number of benzene rings is 2. The number of phenolic OH excluding ortho intramolecular Hbond substituents is 1. The number of nitrogens with zero attached hydrogens (tertiary/aromatic N) is 1. The van der Waals surface area contributed by atoms with Crippen molar-refractivity contribution in [1.29, 1.82) is 0 Å². The van der Waals surface area contributed by atoms with Gasteiger partial charge in [0.2, 0.25) is 0 Å². The highest BCUT2D eigenvalue weighted by Gasteiger charge is 2.05. The Morgan fingerprint density at radius 3 is 2.54 bits per heavy atom. The number of aromatic hydroxyl groups is 1. The summed E-state index contributed by atoms with van der Waals surface area (Å²) in [4.78, 5) is 4.19. The number of methoxy groups -OCH3 is 1. The molecule has 0 saturated carbocycles. The van der Waals surface area contributed by atoms with E-state index in [0.29, 0.717) is 18.3 Å². The molecule has 0 amide bonds. The molecule has 130 valence electrons. The van der Waals surface area contributed by atoms with Gasteiger partial charge in [0, 0.05) is 25.7 Å². The fourth-order valence-electron chi connectivity index (χ4n) is 2.20. The number of ether oxygens (including phenoxy) is 1. The number of aliphatic imine (C=N–C) groups is 1. The standard InChI is InChI=1S/C18H23N3O2.HI/c1-19-18(20-11-10-14-6-4-3-5-7-14)21-13-15-12-16(23-2)8-9-17(15)22;/h3-9,12,22H,10-11,13H2,1-2H3,(H2,19,20,21);1H. The lowest BCUT2D eigenvalue weighted by molar-refractivity contribution is 0.410. The zero-order valence-electron chi connectivity index (χ0n) is 14.0. The average Bonchev–Trinajstić information content (AvgIpc) is 2.60. The third kappa shape index (κ3) is 6.27. The van der Waals surface area contributed by atoms with E-state index < -0.39 is 0 Å². The van der Waals surface area contributed by atoms with Crippen LogP contribution in [-0.4, -0.2) is 31.8 Å². The summed E-state index contributed by atoms with van der Waals surface area (Å²) >= 11 is 0. The van der Waals surface area contributed by atoms with Crippen LogP contribution in [0.1, 0.15) is 11.1 Å². The first-order valence-electron chi connectivity index (χ1n) is 7.57. The van der Waals surface area contributed by atoms with Crippen LogP contribution in [0.15, 0.2) is 53.5 Å². The van der Waals surface area contributed by atoms with Gasteiger partial charge in [-0.1, -0.05) is 30.3 Å². The van der Waals surface area contributed by atoms with Crippen molar-refractivity contribution >= 4 is 29.9 Å². The Morgan fingerprint density at radius 2 is 1.88 bits per heavy atom. The summed E-state index contributed by atoms with van der Waals surface area (Å²) in [6, 6.07) is 15.4. The highest BCUT2D eigenvalue weighted by molar-refractivity contribution is 14.0. The third-order valence-corrected chi connectivity index (χ3v) is 3.51. The lowest BCUT2D eigenvalue weighted by Crippen LogP contribution is -2.37. The molecule has 0 fully saturated rings. The van der Waals surface area contributed by atoms with E-state index in [1.165, 1.54) is 5.56 Å². The van der Waals surface area contributed by atoms with Gasteiger partial charge in [-0.2, -0.15) is 0 Å². The Kier molecular flexibility index (Phi) is 8.99. The van der Waals surface area contributed by atoms with Crippen LogP contribution in [0.25, 0.3) is 0 Å². The van der Waals surface area contributed by atoms with E-state index in [0.717, 1.165) is 18.5 Å². The lowest BCUT2D eigenvalue weighted by Gasteiger charge is -2.13. The van der Waals surface area contributed by atoms with Crippen molar-refractivity contribution in [3.05, 3.63) is 59.7 Å². The van der Waals surface area contributed by atoms with Gasteiger partial charge >= 0.3 is 0 Å². The van der Waals surface area contributed by atoms with Crippen molar-refractivity contribution in [3.8, 4) is 11.5 Å². The number of phenols is 1. The molecule has 2 rings (SSSR count). The molecule has 0 radical (unpaired) electrons. The molecule has 0 aliphatic carbocycles. The molecule has 2 aromatic rings. The molecule has 6 heteroatoms. The largest absolute Gasteiger partial charge is 0.508 e. The highest BCUT2D eigenvalue weighted by Crippen LogP contribution is 2.22. The van der Waals surface area contributed by atoms with Gasteiger partial charge in [-0.05, 0) is 30.2 Å². The highest BCUT2D eigenvalue weighted by atomic mass is 127. The molecule has 3 N–H and O–H groups in total. The molecular weight excluding hydrogens is 417 g/mol. The van der Waals surface area contributed by atoms with E-state index >= 15 is 0 Å². The van der Waals surface area contributed by atoms with Crippen molar-refractivity contribution in [3.63, 3.8) is 0 Å². The third-order valence-electron chi connectivity index (χ3n) is 3.51. The van der Waals surface area contributed by atoms with E-state index in [2.05, 4.69) is 27.8 Å². The van der Waals surface area contributed by atoms with Gasteiger partial charge in [0.1, 0.15) is 11.5 Å². The van der Waals surface area contributed by atoms with Crippen LogP contribution in [0, 0.1) is 0 Å². The first-order chi connectivity index (χ1) is 11.2. The topological polar surface area (TPSA) is 65.9 Å². The van der Waals surface area contributed by atoms with Gasteiger partial charge in [0.15, 0.2) is 5.96 Å². The Bertz CT molecular complexity index is 648. The Labute approximate surface area is 160 Å². The smallest absolute Gasteiger partial charge is 0.191 e. The number of hydrogen-bond donors (Lipinski definition) is 3. The molecule has 0 unspecified atom stereocenters. The first-order valence-corrected chi connectivity index (χ1v) is 7.57. The van der Waals surface area contributed by atoms with E-state index in [1.54, 1.807) is 32.4 Å². The molecule has 24 heavy (non-hydrogen) atoms. The molecule has 0 aliphatic rings. The number of rotatable bonds is 6. The molecule has 0 bridgehead atoms. The Hall–Kier alpha value is -1.96. The molecule has 0 atom stereocenters. The van der Waals surface area contributed by atoms with Gasteiger partial charge in [0.25, 0.3) is 0 Å². The maximum absolute atomic E-state index is 9.88. The van der Waals surface area contributed by atoms with E-state index in [9.17, 15) is 5.11 Å². The van der Waals surface area contributed by atoms with Crippen molar-refractivity contribution in [2.75, 3.05) is 20.7 Å². The molecule has 0 heterocycles. The first kappa shape index (κ1) is 20.1. The van der Waals surface area contributed by atoms with Crippen LogP contribution in [0.2, 0.25) is 0 Å². The lowest BCUT2D eigenvalue weighted by atomic mass is 10.1. The minimum Gasteiger partial charge on any atom is -0.508 e. The summed E-state index contributed by atoms with van der Waals surface area (Å²) in [5.41, 5.74) is 2.04. The van der Waals surface area contributed by atoms with E-state index in [1.807, 2.05) is 18.2 Å². The minimum atomic E-state index is 0. The Morgan fingerprint density at radius 1 is 1.12 bits per heavy atom. The summed E-state index contributed by atoms with van der Waals surface area (Å²) in [5, 5.41) is 16.3. The van der Waals surface area contributed by atoms with Gasteiger partial charge in [0.05, 0.1) is 7.11 Å². The van der Waals surface area contributed by atoms with Crippen molar-refractivity contribution in [1.82, 2.24) is 10.6 Å². The number of guanidine groups is 1. The predicted octanol–water partition coefficient (Wildman–Crippen LogP) is 2.93. The maximum atomic E-state index is 9.88. The van der Waals surface area contributed by atoms with Gasteiger partial charge < -0.3 is 20.5 Å². The van der Waals surface area contributed by atoms with Crippen molar-refractivity contribution < 1.29 is 9.84 Å². The summed E-state index contributed by atoms with van der Waals surface area (Å²) < 4.78 is 5.17. The summed E-state index contributed by atoms with van der Waals surface area (Å²) in [5.74, 6) is 1.65. The van der Waals surface area contributed by atoms with Crippen LogP contribution < -0.4 is 15.4 Å². The second kappa shape index (κ2) is 10.7. The molecule has 0 aromatic heterocycles. The van der Waals surface area contributed by atoms with Crippen LogP contribution in [0.3, 0.4) is 0 Å². The number of halogens is 1. The molecule has 2 aromatic carbocycles. The zero-order valence-corrected chi connectivity index (χ0v) is 16.3. The summed E-state index contributed by atoms with van der Waals surface area (Å²) in [6.45, 7) is 1.25. The SMILES string of the molecule is CN=C(NCCc1ccccc1)NCc1cc(OC)ccc1O.I. The molecular formula is C18H24IN3O2. The molecule has 0 aliphatic heterocycles. The monoisotopic (exact) mass is 441 g/mol. The minimum absolute atomic E-state index is 0. The molecule has 0 spiro atoms. The Balaban J connectivity index is 0.00000288. The maximum Gasteiger partial charge on any atom is 0.191 e. The number of hydrogen-bond acceptors (Lipinski definition) is 3. The average molecular weight is 441 g/mol. The predicted molar refractivity (Wildman–Crippen MR) is 108 cm³/mol. The second-order valence-electron chi connectivity index (χ2n) is 5.08. The van der Waals surface area contributed by atoms with Crippen LogP contribution in [-0.2, 0) is 13.0 Å². The normalized spacial score (nSPS) is 10.7. The van der Waals surface area contributed by atoms with Crippen molar-refractivity contribution in [2.45, 2.75) is 13.0 Å². The van der Waals surface area contributed by atoms with Gasteiger partial charge in [-0.3, -0.25) is 4.99 Å². The van der Waals surface area contributed by atoms with Gasteiger partial charge in [-0.25, -0.2) is 0 Å². The van der Waals surface area contributed by atoms with Gasteiger partial charge in [-0.15, -0.1) is 24.0 Å². The molecule has 0 saturated heterocycles. The van der Waals surface area contributed by atoms with E-state index in [-0.39, 0.29) is 29.7 Å². The van der Waals surface area contributed by atoms with Crippen molar-refractivity contribution in [2.24, 2.45) is 4.99 Å². The van der Waals surface area contributed by atoms with Crippen LogP contribution in [0.4, 0.5) is 0 Å². The number of nitrogens with one attached hydrogen (secondary N) is 2. The summed E-state index contributed by atoms with van der Waals surface area (Å²) in [7, 11) is 3.33. The van der Waals surface area contributed by atoms with Crippen LogP contribution >= 0.6 is 24.0 Å². The fourth-order valence-corrected chi connectivity index (χ4v) is 2.20. The molecule has 5 nitrogen and oxygen atoms in total. The van der Waals surface area contributed by atoms with E-state index in [4.69, 9.17) is 4.74 Å². The summed E-state index contributed by atoms with van der Waals surface area (Å²) in [6.07, 6.45) is 0.923. The van der Waals surface area contributed by atoms with Crippen LogP contribution in [0.5, 0.6) is 11.5 Å². The fraction of sp³-hybridized carbons (Fsp3) is 0.278.